The van der Waals surface area contributed by atoms with Gasteiger partial charge in [-0.15, -0.1) is 0 Å². The first kappa shape index (κ1) is 62.8. The number of ether oxygens (including phenoxy) is 4. The molecule has 480 valence electrons. The Morgan fingerprint density at radius 3 is 2.37 bits per heavy atom. The zero-order chi connectivity index (χ0) is 64.9. The number of aromatic carboxylic acids is 1. The van der Waals surface area contributed by atoms with Crippen LogP contribution in [0.4, 0.5) is 15.6 Å². The summed E-state index contributed by atoms with van der Waals surface area (Å²) in [7, 11) is 1.62. The second kappa shape index (κ2) is 25.0. The minimum absolute atomic E-state index is 0.0310. The highest BCUT2D eigenvalue weighted by molar-refractivity contribution is 7.22. The number of aliphatic hydroxyl groups is 1. The number of anilines is 2. The summed E-state index contributed by atoms with van der Waals surface area (Å²) in [6.07, 6.45) is 4.64. The molecule has 3 aromatic carbocycles. The first-order chi connectivity index (χ1) is 43.9. The minimum atomic E-state index is -1.33. The van der Waals surface area contributed by atoms with Gasteiger partial charge in [0.15, 0.2) is 16.9 Å². The average Bonchev–Trinajstić information content (AvgIpc) is 0.785. The monoisotopic (exact) mass is 1270 g/mol. The predicted molar refractivity (Wildman–Crippen MR) is 335 cm³/mol. The number of aliphatic carboxylic acids is 1. The SMILES string of the molecule is Cc1c(-c2ccc(-c3cc4cccc(C(=O)Nc5nc6ccccc6s5)c4[nH]3)nc2C(=O)O)cnn1CC12CC3(C)CC(C)(C1)CC(OCCN(C)C(=O)OCc1ccc(O[C@H]4C[C@@H](O)C[C@@H](C(=O)O)O4)c(NC(=O)CCNC(=O)CCN4C(=O)C=CC4=O)c1)(C3)C2. The first-order valence-corrected chi connectivity index (χ1v) is 31.3. The number of hydrogen-bond donors (Lipinski definition) is 7. The Balaban J connectivity index is 0.677. The van der Waals surface area contributed by atoms with E-state index in [-0.39, 0.29) is 97.8 Å². The number of carbonyl (C=O) groups is 8. The number of para-hydroxylation sites is 2. The van der Waals surface area contributed by atoms with Crippen LogP contribution in [0.3, 0.4) is 0 Å². The Morgan fingerprint density at radius 1 is 0.848 bits per heavy atom. The lowest BCUT2D eigenvalue weighted by Gasteiger charge is -2.69. The summed E-state index contributed by atoms with van der Waals surface area (Å²) in [4.78, 5) is 117. The number of aromatic amines is 1. The third-order valence-electron chi connectivity index (χ3n) is 18.1. The molecule has 13 rings (SSSR count). The predicted octanol–water partition coefficient (Wildman–Crippen LogP) is 8.46. The molecule has 5 atom stereocenters. The van der Waals surface area contributed by atoms with Crippen LogP contribution in [0, 0.1) is 23.2 Å². The van der Waals surface area contributed by atoms with Crippen LogP contribution < -0.4 is 20.7 Å². The number of pyridine rings is 1. The van der Waals surface area contributed by atoms with E-state index < -0.39 is 65.8 Å². The lowest BCUT2D eigenvalue weighted by molar-refractivity contribution is -0.248. The normalized spacial score (nSPS) is 23.9. The van der Waals surface area contributed by atoms with Gasteiger partial charge < -0.3 is 54.8 Å². The van der Waals surface area contributed by atoms with Crippen LogP contribution in [0.15, 0.2) is 97.2 Å². The van der Waals surface area contributed by atoms with Gasteiger partial charge in [-0.1, -0.05) is 55.5 Å². The largest absolute Gasteiger partial charge is 0.479 e. The molecule has 7 aromatic rings. The molecule has 0 spiro atoms. The third kappa shape index (κ3) is 13.4. The van der Waals surface area contributed by atoms with Crippen LogP contribution in [0.1, 0.15) is 110 Å². The number of benzene rings is 3. The number of amides is 6. The van der Waals surface area contributed by atoms with Crippen molar-refractivity contribution in [3.05, 3.63) is 120 Å². The fourth-order valence-electron chi connectivity index (χ4n) is 15.2. The number of carboxylic acids is 2. The van der Waals surface area contributed by atoms with Gasteiger partial charge in [-0.05, 0) is 116 Å². The number of carbonyl (C=O) groups excluding carboxylic acids is 6. The lowest BCUT2D eigenvalue weighted by Crippen LogP contribution is -2.64. The Hall–Kier alpha value is -9.37. The summed E-state index contributed by atoms with van der Waals surface area (Å²) >= 11 is 1.38. The van der Waals surface area contributed by atoms with Gasteiger partial charge in [0.1, 0.15) is 12.4 Å². The van der Waals surface area contributed by atoms with Crippen molar-refractivity contribution in [2.75, 3.05) is 43.9 Å². The molecule has 7 N–H and O–H groups in total. The smallest absolute Gasteiger partial charge is 0.409 e. The summed E-state index contributed by atoms with van der Waals surface area (Å²) in [5, 5.41) is 45.1. The summed E-state index contributed by atoms with van der Waals surface area (Å²) in [6, 6.07) is 23.0. The second-order valence-corrected chi connectivity index (χ2v) is 26.8. The molecule has 4 aromatic heterocycles. The van der Waals surface area contributed by atoms with Crippen LogP contribution in [0.5, 0.6) is 5.75 Å². The van der Waals surface area contributed by atoms with Gasteiger partial charge in [-0.25, -0.2) is 24.4 Å². The highest BCUT2D eigenvalue weighted by Gasteiger charge is 2.66. The fraction of sp³-hybridized carbons (Fsp3) is 0.409. The standard InChI is InChI=1S/C66H70N10O15S/c1-37-43(41-13-14-44(70-57(41)60(85)86)46-25-39-8-7-9-42(56(39)71-46)58(82)73-61-72-45-10-5-6-11-50(45)92-61)28-68-76(37)36-65-31-63(2)30-64(3,32-65)34-66(33-63,35-65)89-23-22-74(4)62(87)88-29-38-12-15-48(90-55-27-40(77)26-49(91-55)59(83)84)47(24-38)69-52(79)18-20-67-51(78)19-21-75-53(80)16-17-54(75)81/h5-17,24-25,28,40,49,55,71,77H,18-23,26-27,29-36H2,1-4H3,(H,67,78)(H,69,79)(H,83,84)(H,85,86)(H,72,73,82)/t40-,49-,55+,63?,64?,65?,66?/m0/s1. The maximum absolute atomic E-state index is 13.6. The van der Waals surface area contributed by atoms with Crippen LogP contribution in [-0.4, -0.2) is 155 Å². The molecule has 6 amide bonds. The summed E-state index contributed by atoms with van der Waals surface area (Å²) < 4.78 is 27.3. The molecule has 0 radical (unpaired) electrons. The number of carboxylic acid groups (broad SMARTS) is 2. The van der Waals surface area contributed by atoms with E-state index >= 15 is 0 Å². The maximum Gasteiger partial charge on any atom is 0.409 e. The minimum Gasteiger partial charge on any atom is -0.479 e. The fourth-order valence-corrected chi connectivity index (χ4v) is 16.1. The summed E-state index contributed by atoms with van der Waals surface area (Å²) in [5.74, 6) is -4.82. The average molecular weight is 1280 g/mol. The Kier molecular flexibility index (Phi) is 17.1. The summed E-state index contributed by atoms with van der Waals surface area (Å²) in [5.41, 5.74) is 4.25. The zero-order valence-corrected chi connectivity index (χ0v) is 51.9. The molecule has 92 heavy (non-hydrogen) atoms. The number of nitrogens with one attached hydrogen (secondary N) is 4. The maximum atomic E-state index is 13.6. The van der Waals surface area contributed by atoms with Crippen molar-refractivity contribution in [3.63, 3.8) is 0 Å². The number of aliphatic hydroxyl groups excluding tert-OH is 1. The lowest BCUT2D eigenvalue weighted by atomic mass is 9.39. The van der Waals surface area contributed by atoms with E-state index in [0.29, 0.717) is 50.8 Å². The summed E-state index contributed by atoms with van der Waals surface area (Å²) in [6.45, 7) is 7.23. The number of imide groups is 1. The van der Waals surface area contributed by atoms with Crippen molar-refractivity contribution in [2.45, 2.75) is 122 Å². The van der Waals surface area contributed by atoms with Crippen LogP contribution in [0.25, 0.3) is 43.6 Å². The van der Waals surface area contributed by atoms with Crippen molar-refractivity contribution >= 4 is 90.8 Å². The quantitative estimate of drug-likeness (QED) is 0.0295. The molecule has 1 saturated heterocycles. The van der Waals surface area contributed by atoms with Gasteiger partial charge in [-0.2, -0.15) is 5.10 Å². The number of nitrogens with zero attached hydrogens (tertiary/aromatic N) is 6. The van der Waals surface area contributed by atoms with Gasteiger partial charge in [0.25, 0.3) is 17.7 Å². The number of likely N-dealkylation sites (N-methyl/N-ethyl adjacent to an activating group) is 1. The van der Waals surface area contributed by atoms with Gasteiger partial charge in [0, 0.05) is 93.3 Å². The molecule has 6 aliphatic rings. The molecular formula is C66H70N10O15S. The van der Waals surface area contributed by atoms with Crippen molar-refractivity contribution in [1.29, 1.82) is 0 Å². The highest BCUT2D eigenvalue weighted by atomic mass is 32.1. The van der Waals surface area contributed by atoms with E-state index in [2.05, 4.69) is 39.8 Å². The van der Waals surface area contributed by atoms with Crippen molar-refractivity contribution in [2.24, 2.45) is 16.2 Å². The van der Waals surface area contributed by atoms with Crippen molar-refractivity contribution in [1.82, 2.24) is 39.8 Å². The van der Waals surface area contributed by atoms with Crippen LogP contribution in [-0.2, 0) is 51.3 Å². The Morgan fingerprint density at radius 2 is 1.62 bits per heavy atom. The number of thiazole rings is 1. The van der Waals surface area contributed by atoms with E-state index in [1.165, 1.54) is 28.4 Å². The van der Waals surface area contributed by atoms with Gasteiger partial charge in [0.05, 0.1) is 62.9 Å². The number of rotatable bonds is 23. The zero-order valence-electron chi connectivity index (χ0n) is 51.1. The van der Waals surface area contributed by atoms with Crippen molar-refractivity contribution < 1.29 is 72.6 Å². The first-order valence-electron chi connectivity index (χ1n) is 30.5. The van der Waals surface area contributed by atoms with Crippen LogP contribution >= 0.6 is 11.3 Å². The van der Waals surface area contributed by atoms with E-state index in [1.54, 1.807) is 43.6 Å². The molecule has 4 aliphatic carbocycles. The number of fused-ring (bicyclic) bond motifs is 2. The van der Waals surface area contributed by atoms with Crippen molar-refractivity contribution in [3.8, 4) is 28.3 Å². The molecule has 5 fully saturated rings. The topological polar surface area (TPSA) is 336 Å². The van der Waals surface area contributed by atoms with E-state index in [4.69, 9.17) is 29.0 Å². The van der Waals surface area contributed by atoms with E-state index in [1.807, 2.05) is 48.0 Å². The highest BCUT2D eigenvalue weighted by Crippen LogP contribution is 2.72. The molecular weight excluding hydrogens is 1200 g/mol. The molecule has 4 saturated carbocycles. The Labute approximate surface area is 531 Å². The van der Waals surface area contributed by atoms with E-state index in [0.717, 1.165) is 76.9 Å². The molecule has 4 bridgehead atoms. The number of aromatic nitrogens is 5. The number of H-pyrrole nitrogens is 1. The van der Waals surface area contributed by atoms with E-state index in [9.17, 15) is 53.7 Å². The molecule has 26 heteroatoms. The third-order valence-corrected chi connectivity index (χ3v) is 19.0. The molecule has 2 aliphatic heterocycles. The molecule has 2 unspecified atom stereocenters. The van der Waals surface area contributed by atoms with Gasteiger partial charge in [0.2, 0.25) is 18.1 Å². The van der Waals surface area contributed by atoms with Gasteiger partial charge in [-0.3, -0.25) is 38.9 Å². The molecule has 6 heterocycles. The van der Waals surface area contributed by atoms with Gasteiger partial charge >= 0.3 is 18.0 Å². The van der Waals surface area contributed by atoms with Crippen LogP contribution in [0.2, 0.25) is 0 Å². The number of hydrogen-bond acceptors (Lipinski definition) is 17. The Bertz CT molecular complexity index is 4090. The molecule has 25 nitrogen and oxygen atoms in total. The second-order valence-electron chi connectivity index (χ2n) is 25.8.